The van der Waals surface area contributed by atoms with Crippen molar-refractivity contribution in [1.29, 1.82) is 0 Å². The average molecular weight is 547 g/mol. The van der Waals surface area contributed by atoms with Crippen molar-refractivity contribution in [2.45, 2.75) is 21.7 Å². The zero-order valence-corrected chi connectivity index (χ0v) is 20.7. The molecule has 0 unspecified atom stereocenters. The van der Waals surface area contributed by atoms with Crippen LogP contribution in [-0.4, -0.2) is 37.7 Å². The number of hydrogen-bond donors (Lipinski definition) is 3. The van der Waals surface area contributed by atoms with Crippen molar-refractivity contribution < 1.29 is 31.5 Å². The van der Waals surface area contributed by atoms with Gasteiger partial charge in [0.05, 0.1) is 0 Å². The maximum Gasteiger partial charge on any atom is 0.446 e. The third-order valence-electron chi connectivity index (χ3n) is 4.66. The molecule has 0 aliphatic carbocycles. The van der Waals surface area contributed by atoms with Crippen LogP contribution in [0.1, 0.15) is 15.9 Å². The van der Waals surface area contributed by atoms with E-state index in [1.54, 1.807) is 36.4 Å². The van der Waals surface area contributed by atoms with E-state index < -0.39 is 27.0 Å². The Labute approximate surface area is 211 Å². The van der Waals surface area contributed by atoms with Crippen LogP contribution in [0.3, 0.4) is 0 Å². The number of aromatic hydroxyl groups is 1. The summed E-state index contributed by atoms with van der Waals surface area (Å²) >= 11 is -0.150. The fraction of sp³-hybridized carbons (Fsp3) is 0.174. The van der Waals surface area contributed by atoms with Gasteiger partial charge in [-0.25, -0.2) is 8.42 Å². The van der Waals surface area contributed by atoms with Crippen molar-refractivity contribution in [3.8, 4) is 5.75 Å². The van der Waals surface area contributed by atoms with E-state index in [1.165, 1.54) is 30.3 Å². The number of nitrogens with one attached hydrogen (secondary N) is 2. The van der Waals surface area contributed by atoms with E-state index in [1.807, 2.05) is 0 Å². The Kier molecular flexibility index (Phi) is 9.47. The van der Waals surface area contributed by atoms with Crippen LogP contribution < -0.4 is 10.6 Å². The summed E-state index contributed by atoms with van der Waals surface area (Å²) in [5.41, 5.74) is -2.10. The maximum atomic E-state index is 12.5. The number of carbonyl (C=O) groups excluding carboxylic acids is 1. The van der Waals surface area contributed by atoms with Crippen molar-refractivity contribution in [3.05, 3.63) is 77.9 Å². The van der Waals surface area contributed by atoms with E-state index in [2.05, 4.69) is 10.6 Å². The first kappa shape index (κ1) is 28.3. The number of hydrogen-bond acceptors (Lipinski definition) is 6. The first-order chi connectivity index (χ1) is 15.9. The number of rotatable bonds is 8. The summed E-state index contributed by atoms with van der Waals surface area (Å²) in [4.78, 5) is 12.3. The third kappa shape index (κ3) is 8.68. The van der Waals surface area contributed by atoms with E-state index in [0.29, 0.717) is 18.5 Å². The Morgan fingerprint density at radius 3 is 2.14 bits per heavy atom. The average Bonchev–Trinajstić information content (AvgIpc) is 2.75. The standard InChI is InChI=1S/C23H21F3N2O4S2.ClH/c1-34(31,32)21-14-18(8-11-20(21)29)28-22(30)16-4-6-17(7-5-16)27-13-12-15-2-9-19(10-3-15)33-23(24,25)26;/h2-11,14,27,29H,12-13H2,1H3,(H,28,30);1H. The minimum absolute atomic E-state index is 0. The molecule has 3 N–H and O–H groups in total. The summed E-state index contributed by atoms with van der Waals surface area (Å²) in [6.07, 6.45) is 1.56. The zero-order chi connectivity index (χ0) is 24.9. The third-order valence-corrected chi connectivity index (χ3v) is 6.53. The van der Waals surface area contributed by atoms with Crippen LogP contribution in [-0.2, 0) is 16.3 Å². The van der Waals surface area contributed by atoms with E-state index in [-0.39, 0.29) is 39.6 Å². The van der Waals surface area contributed by atoms with Gasteiger partial charge in [-0.05, 0) is 78.3 Å². The highest BCUT2D eigenvalue weighted by atomic mass is 35.5. The minimum atomic E-state index is -4.31. The van der Waals surface area contributed by atoms with Crippen molar-refractivity contribution >= 4 is 51.3 Å². The smallest absolute Gasteiger partial charge is 0.446 e. The Bertz CT molecular complexity index is 1270. The lowest BCUT2D eigenvalue weighted by molar-refractivity contribution is -0.0328. The van der Waals surface area contributed by atoms with Crippen molar-refractivity contribution in [2.75, 3.05) is 23.4 Å². The predicted octanol–water partition coefficient (Wildman–Crippen LogP) is 5.74. The molecule has 0 spiro atoms. The lowest BCUT2D eigenvalue weighted by Crippen LogP contribution is -2.12. The lowest BCUT2D eigenvalue weighted by Gasteiger charge is -2.10. The molecule has 0 aromatic heterocycles. The number of phenols is 1. The molecule has 3 aromatic carbocycles. The molecule has 3 aromatic rings. The molecule has 35 heavy (non-hydrogen) atoms. The fourth-order valence-corrected chi connectivity index (χ4v) is 4.37. The number of sulfone groups is 1. The van der Waals surface area contributed by atoms with Crippen LogP contribution in [0.25, 0.3) is 0 Å². The summed E-state index contributed by atoms with van der Waals surface area (Å²) in [5, 5.41) is 15.5. The Morgan fingerprint density at radius 2 is 1.57 bits per heavy atom. The quantitative estimate of drug-likeness (QED) is 0.246. The number of phenolic OH excluding ortho intramolecular Hbond substituents is 1. The summed E-state index contributed by atoms with van der Waals surface area (Å²) in [6, 6.07) is 16.6. The van der Waals surface area contributed by atoms with E-state index in [0.717, 1.165) is 17.5 Å². The van der Waals surface area contributed by atoms with Crippen LogP contribution in [0.2, 0.25) is 0 Å². The number of amides is 1. The van der Waals surface area contributed by atoms with E-state index in [4.69, 9.17) is 0 Å². The molecule has 0 aliphatic heterocycles. The molecule has 0 atom stereocenters. The molecular weight excluding hydrogens is 525 g/mol. The SMILES string of the molecule is CS(=O)(=O)c1cc(NC(=O)c2ccc(NCCc3ccc(SC(F)(F)F)cc3)cc2)ccc1O.Cl. The molecule has 0 aliphatic rings. The molecule has 0 fully saturated rings. The number of carbonyl (C=O) groups is 1. The van der Waals surface area contributed by atoms with Crippen LogP contribution in [0, 0.1) is 0 Å². The van der Waals surface area contributed by atoms with Gasteiger partial charge < -0.3 is 15.7 Å². The number of alkyl halides is 3. The van der Waals surface area contributed by atoms with Gasteiger partial charge in [0.1, 0.15) is 10.6 Å². The summed E-state index contributed by atoms with van der Waals surface area (Å²) < 4.78 is 60.6. The molecule has 188 valence electrons. The highest BCUT2D eigenvalue weighted by Gasteiger charge is 2.29. The number of benzene rings is 3. The van der Waals surface area contributed by atoms with Crippen molar-refractivity contribution in [3.63, 3.8) is 0 Å². The molecular formula is C23H22ClF3N2O4S2. The number of thioether (sulfide) groups is 1. The van der Waals surface area contributed by atoms with Crippen LogP contribution in [0.15, 0.2) is 76.5 Å². The normalized spacial score (nSPS) is 11.4. The van der Waals surface area contributed by atoms with Gasteiger partial charge in [0.15, 0.2) is 9.84 Å². The summed E-state index contributed by atoms with van der Waals surface area (Å²) in [5.74, 6) is -0.847. The van der Waals surface area contributed by atoms with Crippen LogP contribution >= 0.6 is 24.2 Å². The van der Waals surface area contributed by atoms with Gasteiger partial charge in [0.2, 0.25) is 0 Å². The minimum Gasteiger partial charge on any atom is -0.507 e. The number of anilines is 2. The van der Waals surface area contributed by atoms with Crippen molar-refractivity contribution in [2.24, 2.45) is 0 Å². The second kappa shape index (κ2) is 11.7. The van der Waals surface area contributed by atoms with Crippen LogP contribution in [0.4, 0.5) is 24.5 Å². The van der Waals surface area contributed by atoms with Gasteiger partial charge in [-0.2, -0.15) is 13.2 Å². The monoisotopic (exact) mass is 546 g/mol. The maximum absolute atomic E-state index is 12.5. The highest BCUT2D eigenvalue weighted by molar-refractivity contribution is 8.00. The van der Waals surface area contributed by atoms with E-state index in [9.17, 15) is 31.5 Å². The molecule has 0 bridgehead atoms. The van der Waals surface area contributed by atoms with Gasteiger partial charge in [0.25, 0.3) is 5.91 Å². The van der Waals surface area contributed by atoms with Gasteiger partial charge in [-0.15, -0.1) is 12.4 Å². The topological polar surface area (TPSA) is 95.5 Å². The Hall–Kier alpha value is -2.89. The second-order valence-electron chi connectivity index (χ2n) is 7.35. The zero-order valence-electron chi connectivity index (χ0n) is 18.3. The second-order valence-corrected chi connectivity index (χ2v) is 10.5. The molecule has 0 heterocycles. The Balaban J connectivity index is 0.00000432. The van der Waals surface area contributed by atoms with Gasteiger partial charge in [-0.3, -0.25) is 4.79 Å². The van der Waals surface area contributed by atoms with Gasteiger partial charge >= 0.3 is 5.51 Å². The molecule has 0 saturated heterocycles. The van der Waals surface area contributed by atoms with Gasteiger partial charge in [0, 0.05) is 34.6 Å². The first-order valence-electron chi connectivity index (χ1n) is 9.94. The molecule has 0 radical (unpaired) electrons. The van der Waals surface area contributed by atoms with E-state index >= 15 is 0 Å². The van der Waals surface area contributed by atoms with Crippen molar-refractivity contribution in [1.82, 2.24) is 0 Å². The molecule has 3 rings (SSSR count). The largest absolute Gasteiger partial charge is 0.507 e. The summed E-state index contributed by atoms with van der Waals surface area (Å²) in [7, 11) is -3.66. The molecule has 12 heteroatoms. The predicted molar refractivity (Wildman–Crippen MR) is 133 cm³/mol. The van der Waals surface area contributed by atoms with Gasteiger partial charge in [-0.1, -0.05) is 12.1 Å². The highest BCUT2D eigenvalue weighted by Crippen LogP contribution is 2.36. The Morgan fingerprint density at radius 1 is 0.971 bits per heavy atom. The van der Waals surface area contributed by atoms with Crippen LogP contribution in [0.5, 0.6) is 5.75 Å². The summed E-state index contributed by atoms with van der Waals surface area (Å²) in [6.45, 7) is 0.541. The fourth-order valence-electron chi connectivity index (χ4n) is 3.04. The molecule has 0 saturated carbocycles. The first-order valence-corrected chi connectivity index (χ1v) is 12.6. The lowest BCUT2D eigenvalue weighted by atomic mass is 10.1. The number of halogens is 4. The molecule has 1 amide bonds. The molecule has 6 nitrogen and oxygen atoms in total.